The highest BCUT2D eigenvalue weighted by Crippen LogP contribution is 2.34. The summed E-state index contributed by atoms with van der Waals surface area (Å²) in [6.45, 7) is 10.8. The van der Waals surface area contributed by atoms with Gasteiger partial charge in [-0.2, -0.15) is 5.10 Å². The second-order valence-electron chi connectivity index (χ2n) is 11.0. The fourth-order valence-corrected chi connectivity index (χ4v) is 5.22. The van der Waals surface area contributed by atoms with Crippen molar-refractivity contribution in [3.8, 4) is 22.9 Å². The molecule has 1 unspecified atom stereocenters. The Bertz CT molecular complexity index is 1780. The van der Waals surface area contributed by atoms with Crippen molar-refractivity contribution in [1.29, 1.82) is 0 Å². The van der Waals surface area contributed by atoms with Crippen LogP contribution in [0.2, 0.25) is 0 Å². The Morgan fingerprint density at radius 1 is 0.935 bits per heavy atom. The van der Waals surface area contributed by atoms with Gasteiger partial charge in [0.05, 0.1) is 24.1 Å². The minimum atomic E-state index is -0.983. The van der Waals surface area contributed by atoms with E-state index in [1.807, 2.05) is 86.1 Å². The van der Waals surface area contributed by atoms with Crippen molar-refractivity contribution in [2.75, 3.05) is 12.3 Å². The van der Waals surface area contributed by atoms with Gasteiger partial charge < -0.3 is 25.3 Å². The predicted octanol–water partition coefficient (Wildman–Crippen LogP) is 7.39. The van der Waals surface area contributed by atoms with E-state index in [9.17, 15) is 4.79 Å². The Morgan fingerprint density at radius 3 is 2.48 bits per heavy atom. The summed E-state index contributed by atoms with van der Waals surface area (Å²) < 4.78 is 20.3. The molecule has 0 aliphatic heterocycles. The van der Waals surface area contributed by atoms with E-state index in [0.29, 0.717) is 35.2 Å². The van der Waals surface area contributed by atoms with Crippen LogP contribution in [0.3, 0.4) is 0 Å². The molecule has 2 heterocycles. The van der Waals surface area contributed by atoms with Crippen LogP contribution in [-0.2, 0) is 24.2 Å². The van der Waals surface area contributed by atoms with Gasteiger partial charge in [-0.1, -0.05) is 45.5 Å². The third-order valence-corrected chi connectivity index (χ3v) is 7.42. The number of ether oxygens (including phenoxy) is 3. The Balaban J connectivity index is 0.00000480. The van der Waals surface area contributed by atoms with Crippen molar-refractivity contribution >= 4 is 22.5 Å². The first-order chi connectivity index (χ1) is 21.8. The molecule has 9 nitrogen and oxygen atoms in total. The molecule has 3 N–H and O–H groups in total. The molecule has 9 heteroatoms. The van der Waals surface area contributed by atoms with Crippen LogP contribution in [0.5, 0.6) is 17.2 Å². The number of aromatic nitrogens is 3. The van der Waals surface area contributed by atoms with Gasteiger partial charge in [0.15, 0.2) is 11.5 Å². The molecule has 0 spiro atoms. The van der Waals surface area contributed by atoms with E-state index < -0.39 is 6.10 Å². The van der Waals surface area contributed by atoms with Crippen molar-refractivity contribution in [2.45, 2.75) is 73.6 Å². The quantitative estimate of drug-likeness (QED) is 0.141. The van der Waals surface area contributed by atoms with Gasteiger partial charge in [-0.15, -0.1) is 0 Å². The number of nitrogens with one attached hydrogen (secondary N) is 1. The lowest BCUT2D eigenvalue weighted by Gasteiger charge is -2.22. The second kappa shape index (κ2) is 15.3. The molecule has 242 valence electrons. The van der Waals surface area contributed by atoms with Crippen LogP contribution in [0.25, 0.3) is 16.5 Å². The lowest BCUT2D eigenvalue weighted by atomic mass is 10.1. The van der Waals surface area contributed by atoms with Crippen LogP contribution in [0.4, 0.5) is 5.82 Å². The van der Waals surface area contributed by atoms with Gasteiger partial charge in [0, 0.05) is 29.4 Å². The minimum absolute atomic E-state index is 0. The Labute approximate surface area is 271 Å². The summed E-state index contributed by atoms with van der Waals surface area (Å²) in [5, 5.41) is 9.62. The number of para-hydroxylation sites is 1. The number of fused-ring (bicyclic) bond motifs is 1. The molecule has 46 heavy (non-hydrogen) atoms. The number of nitrogen functional groups attached to an aromatic ring is 1. The third-order valence-electron chi connectivity index (χ3n) is 7.42. The molecule has 3 aromatic carbocycles. The van der Waals surface area contributed by atoms with Crippen LogP contribution < -0.4 is 25.3 Å². The van der Waals surface area contributed by atoms with E-state index in [1.165, 1.54) is 0 Å². The van der Waals surface area contributed by atoms with Gasteiger partial charge in [-0.05, 0) is 93.1 Å². The van der Waals surface area contributed by atoms with Gasteiger partial charge >= 0.3 is 0 Å². The van der Waals surface area contributed by atoms with Crippen LogP contribution in [-0.4, -0.2) is 33.4 Å². The zero-order valence-corrected chi connectivity index (χ0v) is 26.5. The zero-order valence-electron chi connectivity index (χ0n) is 26.5. The SMILES string of the molecule is C.CCOc1cc(C(Oc2ccc3c(N)nccc3c2)C(=O)NCc2ccccc2-n2nc(CC)cc2CC)ccc1OC(C)C. The fourth-order valence-electron chi connectivity index (χ4n) is 5.22. The Kier molecular flexibility index (Phi) is 11.2. The molecule has 0 aliphatic rings. The number of aryl methyl sites for hydroxylation is 2. The van der Waals surface area contributed by atoms with Crippen LogP contribution >= 0.6 is 0 Å². The van der Waals surface area contributed by atoms with E-state index >= 15 is 0 Å². The van der Waals surface area contributed by atoms with Gasteiger partial charge in [-0.25, -0.2) is 9.67 Å². The van der Waals surface area contributed by atoms with Crippen LogP contribution in [0, 0.1) is 0 Å². The summed E-state index contributed by atoms with van der Waals surface area (Å²) in [7, 11) is 0. The highest BCUT2D eigenvalue weighted by Gasteiger charge is 2.25. The van der Waals surface area contributed by atoms with Crippen molar-refractivity contribution in [1.82, 2.24) is 20.1 Å². The number of hydrogen-bond donors (Lipinski definition) is 2. The standard InChI is InChI=1S/C36H41N5O4.CH4/c1-6-27-21-28(7-2)41(40-27)31-12-10-9-11-26(31)22-39-36(42)34(25-13-16-32(44-23(4)5)33(20-25)43-8-3)45-29-14-15-30-24(19-29)17-18-38-35(30)37;/h9-21,23,34H,6-8,22H2,1-5H3,(H2,37,38)(H,39,42);1H4. The molecular formula is C37H45N5O4. The van der Waals surface area contributed by atoms with Crippen molar-refractivity contribution in [2.24, 2.45) is 0 Å². The van der Waals surface area contributed by atoms with E-state index in [0.717, 1.165) is 46.3 Å². The largest absolute Gasteiger partial charge is 0.490 e. The maximum atomic E-state index is 14.0. The monoisotopic (exact) mass is 623 g/mol. The summed E-state index contributed by atoms with van der Waals surface area (Å²) >= 11 is 0. The number of pyridine rings is 1. The van der Waals surface area contributed by atoms with Gasteiger partial charge in [0.25, 0.3) is 5.91 Å². The maximum Gasteiger partial charge on any atom is 0.266 e. The summed E-state index contributed by atoms with van der Waals surface area (Å²) in [6, 6.07) is 23.0. The highest BCUT2D eigenvalue weighted by molar-refractivity contribution is 5.91. The minimum Gasteiger partial charge on any atom is -0.490 e. The van der Waals surface area contributed by atoms with Crippen molar-refractivity contribution < 1.29 is 19.0 Å². The fraction of sp³-hybridized carbons (Fsp3) is 0.324. The van der Waals surface area contributed by atoms with Crippen LogP contribution in [0.1, 0.15) is 70.7 Å². The lowest BCUT2D eigenvalue weighted by molar-refractivity contribution is -0.128. The molecule has 0 aliphatic carbocycles. The summed E-state index contributed by atoms with van der Waals surface area (Å²) in [5.41, 5.74) is 10.7. The normalized spacial score (nSPS) is 11.6. The molecule has 0 radical (unpaired) electrons. The zero-order chi connectivity index (χ0) is 31.9. The molecule has 5 rings (SSSR count). The average Bonchev–Trinajstić information content (AvgIpc) is 3.47. The van der Waals surface area contributed by atoms with E-state index in [4.69, 9.17) is 25.0 Å². The number of nitrogens with two attached hydrogens (primary N) is 1. The van der Waals surface area contributed by atoms with Crippen molar-refractivity contribution in [3.63, 3.8) is 0 Å². The summed E-state index contributed by atoms with van der Waals surface area (Å²) in [6.07, 6.45) is 2.32. The van der Waals surface area contributed by atoms with Gasteiger partial charge in [-0.3, -0.25) is 4.79 Å². The molecule has 1 amide bonds. The predicted molar refractivity (Wildman–Crippen MR) is 184 cm³/mol. The first kappa shape index (κ1) is 33.8. The molecule has 5 aromatic rings. The molecule has 0 saturated carbocycles. The number of amides is 1. The number of carbonyl (C=O) groups is 1. The van der Waals surface area contributed by atoms with E-state index in [-0.39, 0.29) is 26.0 Å². The summed E-state index contributed by atoms with van der Waals surface area (Å²) in [4.78, 5) is 18.2. The topological polar surface area (TPSA) is 114 Å². The third kappa shape index (κ3) is 7.59. The smallest absolute Gasteiger partial charge is 0.266 e. The number of anilines is 1. The van der Waals surface area contributed by atoms with Gasteiger partial charge in [0.1, 0.15) is 11.6 Å². The first-order valence-electron chi connectivity index (χ1n) is 15.5. The molecule has 2 aromatic heterocycles. The molecular weight excluding hydrogens is 578 g/mol. The van der Waals surface area contributed by atoms with E-state index in [2.05, 4.69) is 30.2 Å². The Hall–Kier alpha value is -5.05. The number of hydrogen-bond acceptors (Lipinski definition) is 7. The summed E-state index contributed by atoms with van der Waals surface area (Å²) in [5.74, 6) is 1.80. The van der Waals surface area contributed by atoms with Gasteiger partial charge in [0.2, 0.25) is 6.10 Å². The molecule has 1 atom stereocenters. The average molecular weight is 624 g/mol. The maximum absolute atomic E-state index is 14.0. The van der Waals surface area contributed by atoms with Crippen LogP contribution in [0.15, 0.2) is 79.0 Å². The second-order valence-corrected chi connectivity index (χ2v) is 11.0. The number of nitrogens with zero attached hydrogens (tertiary/aromatic N) is 3. The molecule has 0 fully saturated rings. The number of rotatable bonds is 13. The first-order valence-corrected chi connectivity index (χ1v) is 15.5. The lowest BCUT2D eigenvalue weighted by Crippen LogP contribution is -2.32. The molecule has 0 saturated heterocycles. The Morgan fingerprint density at radius 2 is 1.74 bits per heavy atom. The highest BCUT2D eigenvalue weighted by atomic mass is 16.5. The van der Waals surface area contributed by atoms with E-state index in [1.54, 1.807) is 12.3 Å². The number of benzene rings is 3. The van der Waals surface area contributed by atoms with Crippen molar-refractivity contribution in [3.05, 3.63) is 102 Å². The molecule has 0 bridgehead atoms. The number of carbonyl (C=O) groups excluding carboxylic acids is 1.